The first kappa shape index (κ1) is 8.31. The molecule has 0 spiro atoms. The van der Waals surface area contributed by atoms with Gasteiger partial charge in [-0.1, -0.05) is 25.2 Å². The molecule has 2 heteroatoms. The summed E-state index contributed by atoms with van der Waals surface area (Å²) < 4.78 is 0. The van der Waals surface area contributed by atoms with Crippen LogP contribution in [0.5, 0.6) is 0 Å². The van der Waals surface area contributed by atoms with Gasteiger partial charge in [-0.15, -0.1) is 0 Å². The first-order valence-electron chi connectivity index (χ1n) is 3.88. The van der Waals surface area contributed by atoms with E-state index in [4.69, 9.17) is 7.85 Å². The molecule has 1 unspecified atom stereocenters. The van der Waals surface area contributed by atoms with Gasteiger partial charge in [-0.25, -0.2) is 0 Å². The number of allylic oxidation sites excluding steroid dienone is 4. The lowest BCUT2D eigenvalue weighted by atomic mass is 9.81. The SMILES string of the molecule is [B]C(C)C(=O)C1=CCCC=C1. The number of hydrogen-bond donors (Lipinski definition) is 0. The lowest BCUT2D eigenvalue weighted by molar-refractivity contribution is -0.114. The number of Topliss-reactive ketones (excluding diaryl/α,β-unsaturated/α-hetero) is 1. The van der Waals surface area contributed by atoms with Gasteiger partial charge >= 0.3 is 0 Å². The molecule has 0 fully saturated rings. The molecule has 11 heavy (non-hydrogen) atoms. The van der Waals surface area contributed by atoms with Crippen LogP contribution >= 0.6 is 0 Å². The molecule has 56 valence electrons. The normalized spacial score (nSPS) is 19.2. The zero-order valence-electron chi connectivity index (χ0n) is 6.71. The van der Waals surface area contributed by atoms with E-state index in [2.05, 4.69) is 0 Å². The minimum absolute atomic E-state index is 0.0425. The average molecular weight is 146 g/mol. The molecule has 1 nitrogen and oxygen atoms in total. The summed E-state index contributed by atoms with van der Waals surface area (Å²) in [6.45, 7) is 1.71. The van der Waals surface area contributed by atoms with Crippen molar-refractivity contribution in [2.75, 3.05) is 0 Å². The minimum Gasteiger partial charge on any atom is -0.295 e. The predicted molar refractivity (Wildman–Crippen MR) is 46.6 cm³/mol. The monoisotopic (exact) mass is 146 g/mol. The van der Waals surface area contributed by atoms with Crippen LogP contribution in [0, 0.1) is 0 Å². The quantitative estimate of drug-likeness (QED) is 0.543. The van der Waals surface area contributed by atoms with E-state index >= 15 is 0 Å². The fourth-order valence-corrected chi connectivity index (χ4v) is 1.06. The molecule has 0 aromatic carbocycles. The molecule has 0 bridgehead atoms. The smallest absolute Gasteiger partial charge is 0.156 e. The third-order valence-corrected chi connectivity index (χ3v) is 1.69. The van der Waals surface area contributed by atoms with Crippen molar-refractivity contribution in [3.63, 3.8) is 0 Å². The average Bonchev–Trinajstić information content (AvgIpc) is 2.05. The standard InChI is InChI=1S/C9H11BO/c1-7(10)9(11)8-5-3-2-4-6-8/h3,5-7H,2,4H2,1H3. The molecular weight excluding hydrogens is 135 g/mol. The Balaban J connectivity index is 2.67. The molecule has 0 saturated heterocycles. The fourth-order valence-electron chi connectivity index (χ4n) is 1.06. The van der Waals surface area contributed by atoms with E-state index in [1.54, 1.807) is 6.92 Å². The summed E-state index contributed by atoms with van der Waals surface area (Å²) in [5.41, 5.74) is 0.770. The second kappa shape index (κ2) is 3.56. The van der Waals surface area contributed by atoms with Crippen molar-refractivity contribution in [3.8, 4) is 0 Å². The molecule has 1 rings (SSSR count). The van der Waals surface area contributed by atoms with Crippen molar-refractivity contribution < 1.29 is 4.79 Å². The van der Waals surface area contributed by atoms with E-state index in [1.165, 1.54) is 0 Å². The van der Waals surface area contributed by atoms with Crippen LogP contribution in [0.25, 0.3) is 0 Å². The van der Waals surface area contributed by atoms with Gasteiger partial charge in [0.25, 0.3) is 0 Å². The maximum Gasteiger partial charge on any atom is 0.156 e. The van der Waals surface area contributed by atoms with Crippen LogP contribution < -0.4 is 0 Å². The van der Waals surface area contributed by atoms with Crippen LogP contribution in [0.3, 0.4) is 0 Å². The second-order valence-electron chi connectivity index (χ2n) is 2.79. The lowest BCUT2D eigenvalue weighted by Crippen LogP contribution is -2.07. The van der Waals surface area contributed by atoms with Gasteiger partial charge in [0.15, 0.2) is 5.78 Å². The van der Waals surface area contributed by atoms with Gasteiger partial charge in [0.1, 0.15) is 0 Å². The summed E-state index contributed by atoms with van der Waals surface area (Å²) in [6, 6.07) is 0. The van der Waals surface area contributed by atoms with Crippen molar-refractivity contribution in [2.45, 2.75) is 25.6 Å². The summed E-state index contributed by atoms with van der Waals surface area (Å²) >= 11 is 0. The number of rotatable bonds is 2. The fraction of sp³-hybridized carbons (Fsp3) is 0.444. The molecule has 0 saturated carbocycles. The number of carbonyl (C=O) groups is 1. The van der Waals surface area contributed by atoms with E-state index < -0.39 is 0 Å². The van der Waals surface area contributed by atoms with Gasteiger partial charge in [0, 0.05) is 5.57 Å². The van der Waals surface area contributed by atoms with Crippen molar-refractivity contribution in [2.24, 2.45) is 0 Å². The number of hydrogen-bond acceptors (Lipinski definition) is 1. The molecular formula is C9H11BO. The van der Waals surface area contributed by atoms with Gasteiger partial charge in [0.2, 0.25) is 0 Å². The summed E-state index contributed by atoms with van der Waals surface area (Å²) in [5.74, 6) is -0.329. The van der Waals surface area contributed by atoms with E-state index in [-0.39, 0.29) is 11.6 Å². The van der Waals surface area contributed by atoms with Gasteiger partial charge < -0.3 is 0 Å². The molecule has 2 radical (unpaired) electrons. The minimum atomic E-state index is -0.371. The molecule has 0 aromatic heterocycles. The summed E-state index contributed by atoms with van der Waals surface area (Å²) in [4.78, 5) is 11.3. The number of carbonyl (C=O) groups excluding carboxylic acids is 1. The zero-order valence-corrected chi connectivity index (χ0v) is 6.71. The van der Waals surface area contributed by atoms with E-state index in [0.717, 1.165) is 18.4 Å². The van der Waals surface area contributed by atoms with Crippen molar-refractivity contribution in [3.05, 3.63) is 23.8 Å². The predicted octanol–water partition coefficient (Wildman–Crippen LogP) is 1.81. The third-order valence-electron chi connectivity index (χ3n) is 1.69. The van der Waals surface area contributed by atoms with Crippen LogP contribution in [-0.2, 0) is 4.79 Å². The van der Waals surface area contributed by atoms with Gasteiger partial charge in [0.05, 0.1) is 7.85 Å². The van der Waals surface area contributed by atoms with Crippen LogP contribution in [0.2, 0.25) is 5.82 Å². The zero-order chi connectivity index (χ0) is 8.27. The Morgan fingerprint density at radius 3 is 2.82 bits per heavy atom. The maximum atomic E-state index is 11.3. The molecule has 1 atom stereocenters. The van der Waals surface area contributed by atoms with E-state index in [9.17, 15) is 4.79 Å². The molecule has 0 N–H and O–H groups in total. The molecule has 0 heterocycles. The molecule has 1 aliphatic carbocycles. The Bertz CT molecular complexity index is 214. The Morgan fingerprint density at radius 2 is 2.36 bits per heavy atom. The first-order chi connectivity index (χ1) is 5.22. The van der Waals surface area contributed by atoms with Gasteiger partial charge in [-0.2, -0.15) is 0 Å². The second-order valence-corrected chi connectivity index (χ2v) is 2.79. The number of ketones is 1. The summed E-state index contributed by atoms with van der Waals surface area (Å²) in [5, 5.41) is 0. The van der Waals surface area contributed by atoms with E-state index in [0.29, 0.717) is 0 Å². The molecule has 0 aliphatic heterocycles. The summed E-state index contributed by atoms with van der Waals surface area (Å²) in [7, 11) is 5.44. The van der Waals surface area contributed by atoms with Gasteiger partial charge in [-0.3, -0.25) is 4.79 Å². The third kappa shape index (κ3) is 2.07. The first-order valence-corrected chi connectivity index (χ1v) is 3.88. The largest absolute Gasteiger partial charge is 0.295 e. The van der Waals surface area contributed by atoms with Crippen molar-refractivity contribution >= 4 is 13.6 Å². The maximum absolute atomic E-state index is 11.3. The van der Waals surface area contributed by atoms with Crippen molar-refractivity contribution in [1.29, 1.82) is 0 Å². The lowest BCUT2D eigenvalue weighted by Gasteiger charge is -2.07. The highest BCUT2D eigenvalue weighted by Crippen LogP contribution is 2.15. The Kier molecular flexibility index (Phi) is 2.69. The highest BCUT2D eigenvalue weighted by atomic mass is 16.1. The van der Waals surface area contributed by atoms with Crippen LogP contribution in [0.1, 0.15) is 19.8 Å². The van der Waals surface area contributed by atoms with E-state index in [1.807, 2.05) is 18.2 Å². The summed E-state index contributed by atoms with van der Waals surface area (Å²) in [6.07, 6.45) is 7.82. The van der Waals surface area contributed by atoms with Crippen LogP contribution in [0.15, 0.2) is 23.8 Å². The molecule has 0 aromatic rings. The van der Waals surface area contributed by atoms with Gasteiger partial charge in [-0.05, 0) is 18.7 Å². The Hall–Kier alpha value is -0.785. The topological polar surface area (TPSA) is 17.1 Å². The Labute approximate surface area is 68.6 Å². The van der Waals surface area contributed by atoms with Crippen LogP contribution in [0.4, 0.5) is 0 Å². The van der Waals surface area contributed by atoms with Crippen molar-refractivity contribution in [1.82, 2.24) is 0 Å². The highest BCUT2D eigenvalue weighted by Gasteiger charge is 2.11. The Morgan fingerprint density at radius 1 is 1.64 bits per heavy atom. The molecule has 0 amide bonds. The van der Waals surface area contributed by atoms with Crippen LogP contribution in [-0.4, -0.2) is 13.6 Å². The highest BCUT2D eigenvalue weighted by molar-refractivity contribution is 6.27. The molecule has 1 aliphatic rings.